The third-order valence-corrected chi connectivity index (χ3v) is 6.72. The quantitative estimate of drug-likeness (QED) is 0.498. The highest BCUT2D eigenvalue weighted by molar-refractivity contribution is 8.03. The maximum atomic E-state index is 12.6. The van der Waals surface area contributed by atoms with E-state index in [9.17, 15) is 9.59 Å². The van der Waals surface area contributed by atoms with Gasteiger partial charge in [0.05, 0.1) is 17.0 Å². The van der Waals surface area contributed by atoms with E-state index in [1.807, 2.05) is 6.26 Å². The molecule has 0 aliphatic rings. The maximum absolute atomic E-state index is 12.6. The van der Waals surface area contributed by atoms with Crippen LogP contribution in [-0.4, -0.2) is 34.0 Å². The second-order valence-corrected chi connectivity index (χ2v) is 9.07. The van der Waals surface area contributed by atoms with Crippen LogP contribution in [0, 0.1) is 0 Å². The summed E-state index contributed by atoms with van der Waals surface area (Å²) in [6.07, 6.45) is 1.92. The molecular formula is C18H15ClN4O2S3. The van der Waals surface area contributed by atoms with E-state index in [2.05, 4.69) is 20.8 Å². The lowest BCUT2D eigenvalue weighted by Gasteiger charge is -2.11. The number of halogens is 1. The molecule has 28 heavy (non-hydrogen) atoms. The van der Waals surface area contributed by atoms with Crippen molar-refractivity contribution in [2.24, 2.45) is 0 Å². The van der Waals surface area contributed by atoms with Gasteiger partial charge in [-0.05, 0) is 42.7 Å². The molecule has 0 saturated heterocycles. The molecule has 0 aliphatic heterocycles. The number of anilines is 2. The van der Waals surface area contributed by atoms with E-state index in [1.165, 1.54) is 34.9 Å². The summed E-state index contributed by atoms with van der Waals surface area (Å²) in [6, 6.07) is 13.7. The Morgan fingerprint density at radius 1 is 1.04 bits per heavy atom. The Morgan fingerprint density at radius 3 is 2.46 bits per heavy atom. The van der Waals surface area contributed by atoms with E-state index < -0.39 is 0 Å². The number of aromatic nitrogens is 2. The Kier molecular flexibility index (Phi) is 7.32. The zero-order valence-corrected chi connectivity index (χ0v) is 17.8. The van der Waals surface area contributed by atoms with Crippen molar-refractivity contribution in [1.82, 2.24) is 10.2 Å². The van der Waals surface area contributed by atoms with Crippen LogP contribution < -0.4 is 10.6 Å². The lowest BCUT2D eigenvalue weighted by atomic mass is 10.1. The second kappa shape index (κ2) is 9.92. The first kappa shape index (κ1) is 20.7. The van der Waals surface area contributed by atoms with Gasteiger partial charge in [0.15, 0.2) is 8.68 Å². The average molecular weight is 451 g/mol. The van der Waals surface area contributed by atoms with E-state index in [0.29, 0.717) is 22.0 Å². The summed E-state index contributed by atoms with van der Waals surface area (Å²) in [5.41, 5.74) is 1.44. The van der Waals surface area contributed by atoms with Crippen LogP contribution in [0.25, 0.3) is 0 Å². The van der Waals surface area contributed by atoms with Gasteiger partial charge in [-0.15, -0.1) is 10.2 Å². The van der Waals surface area contributed by atoms with Crippen molar-refractivity contribution in [2.75, 3.05) is 22.6 Å². The van der Waals surface area contributed by atoms with Crippen molar-refractivity contribution >= 4 is 69.7 Å². The molecule has 1 aromatic heterocycles. The molecule has 0 unspecified atom stereocenters. The number of amides is 2. The van der Waals surface area contributed by atoms with Gasteiger partial charge < -0.3 is 10.6 Å². The summed E-state index contributed by atoms with van der Waals surface area (Å²) in [5.74, 6) is -0.367. The number of thioether (sulfide) groups is 2. The Bertz CT molecular complexity index is 979. The molecule has 2 amide bonds. The van der Waals surface area contributed by atoms with Gasteiger partial charge in [0, 0.05) is 10.7 Å². The minimum atomic E-state index is -0.320. The fraction of sp³-hybridized carbons (Fsp3) is 0.111. The minimum absolute atomic E-state index is 0.177. The molecule has 3 aromatic rings. The molecule has 2 N–H and O–H groups in total. The molecule has 0 spiro atoms. The van der Waals surface area contributed by atoms with Crippen molar-refractivity contribution in [1.29, 1.82) is 0 Å². The molecule has 0 saturated carbocycles. The number of carbonyl (C=O) groups excluding carboxylic acids is 2. The van der Waals surface area contributed by atoms with E-state index in [0.717, 1.165) is 8.68 Å². The van der Waals surface area contributed by atoms with Gasteiger partial charge in [-0.3, -0.25) is 9.59 Å². The molecular weight excluding hydrogens is 436 g/mol. The van der Waals surface area contributed by atoms with E-state index in [1.54, 1.807) is 48.5 Å². The van der Waals surface area contributed by atoms with Crippen LogP contribution in [0.3, 0.4) is 0 Å². The van der Waals surface area contributed by atoms with Crippen molar-refractivity contribution in [3.63, 3.8) is 0 Å². The average Bonchev–Trinajstić information content (AvgIpc) is 3.17. The zero-order valence-electron chi connectivity index (χ0n) is 14.6. The SMILES string of the molecule is CSc1nnc(SCC(=O)Nc2ccccc2C(=O)Nc2ccc(Cl)cc2)s1. The van der Waals surface area contributed by atoms with Gasteiger partial charge in [-0.2, -0.15) is 0 Å². The fourth-order valence-electron chi connectivity index (χ4n) is 2.17. The van der Waals surface area contributed by atoms with Crippen LogP contribution in [-0.2, 0) is 4.79 Å². The van der Waals surface area contributed by atoms with Gasteiger partial charge in [0.2, 0.25) is 5.91 Å². The van der Waals surface area contributed by atoms with Crippen molar-refractivity contribution in [3.8, 4) is 0 Å². The first-order chi connectivity index (χ1) is 13.5. The second-order valence-electron chi connectivity index (χ2n) is 5.38. The van der Waals surface area contributed by atoms with Crippen molar-refractivity contribution < 1.29 is 9.59 Å². The monoisotopic (exact) mass is 450 g/mol. The van der Waals surface area contributed by atoms with Gasteiger partial charge >= 0.3 is 0 Å². The number of carbonyl (C=O) groups is 2. The highest BCUT2D eigenvalue weighted by Crippen LogP contribution is 2.27. The summed E-state index contributed by atoms with van der Waals surface area (Å²) < 4.78 is 1.58. The number of hydrogen-bond donors (Lipinski definition) is 2. The molecule has 1 heterocycles. The fourth-order valence-corrected chi connectivity index (χ4v) is 4.54. The molecule has 0 radical (unpaired) electrons. The van der Waals surface area contributed by atoms with Crippen molar-refractivity contribution in [2.45, 2.75) is 8.68 Å². The number of benzene rings is 2. The van der Waals surface area contributed by atoms with Crippen LogP contribution in [0.1, 0.15) is 10.4 Å². The minimum Gasteiger partial charge on any atom is -0.325 e. The predicted molar refractivity (Wildman–Crippen MR) is 117 cm³/mol. The number of para-hydroxylation sites is 1. The number of nitrogens with zero attached hydrogens (tertiary/aromatic N) is 2. The van der Waals surface area contributed by atoms with Crippen molar-refractivity contribution in [3.05, 3.63) is 59.1 Å². The number of rotatable bonds is 7. The van der Waals surface area contributed by atoms with E-state index in [-0.39, 0.29) is 17.6 Å². The maximum Gasteiger partial charge on any atom is 0.257 e. The Morgan fingerprint density at radius 2 is 1.75 bits per heavy atom. The normalized spacial score (nSPS) is 10.5. The first-order valence-electron chi connectivity index (χ1n) is 8.01. The van der Waals surface area contributed by atoms with E-state index >= 15 is 0 Å². The summed E-state index contributed by atoms with van der Waals surface area (Å²) in [5, 5.41) is 14.2. The lowest BCUT2D eigenvalue weighted by Crippen LogP contribution is -2.19. The standard InChI is InChI=1S/C18H15ClN4O2S3/c1-26-17-22-23-18(28-17)27-10-15(24)21-14-5-3-2-4-13(14)16(25)20-12-8-6-11(19)7-9-12/h2-9H,10H2,1H3,(H,20,25)(H,21,24). The summed E-state index contributed by atoms with van der Waals surface area (Å²) in [4.78, 5) is 24.9. The summed E-state index contributed by atoms with van der Waals surface area (Å²) in [6.45, 7) is 0. The highest BCUT2D eigenvalue weighted by Gasteiger charge is 2.14. The lowest BCUT2D eigenvalue weighted by molar-refractivity contribution is -0.113. The van der Waals surface area contributed by atoms with Gasteiger partial charge in [0.1, 0.15) is 0 Å². The smallest absolute Gasteiger partial charge is 0.257 e. The zero-order chi connectivity index (χ0) is 19.9. The molecule has 0 bridgehead atoms. The largest absolute Gasteiger partial charge is 0.325 e. The van der Waals surface area contributed by atoms with E-state index in [4.69, 9.17) is 11.6 Å². The van der Waals surface area contributed by atoms with Crippen LogP contribution in [0.2, 0.25) is 5.02 Å². The topological polar surface area (TPSA) is 84.0 Å². The molecule has 0 aliphatic carbocycles. The third-order valence-electron chi connectivity index (χ3n) is 3.44. The number of nitrogens with one attached hydrogen (secondary N) is 2. The third kappa shape index (κ3) is 5.71. The molecule has 10 heteroatoms. The summed E-state index contributed by atoms with van der Waals surface area (Å²) in [7, 11) is 0. The molecule has 144 valence electrons. The molecule has 3 rings (SSSR count). The van der Waals surface area contributed by atoms with Gasteiger partial charge in [-0.1, -0.05) is 58.6 Å². The van der Waals surface area contributed by atoms with Crippen LogP contribution in [0.15, 0.2) is 57.2 Å². The van der Waals surface area contributed by atoms with Crippen LogP contribution in [0.4, 0.5) is 11.4 Å². The molecule has 2 aromatic carbocycles. The molecule has 0 atom stereocenters. The number of hydrogen-bond acceptors (Lipinski definition) is 7. The molecule has 6 nitrogen and oxygen atoms in total. The Balaban J connectivity index is 1.63. The van der Waals surface area contributed by atoms with Gasteiger partial charge in [0.25, 0.3) is 5.91 Å². The Hall–Kier alpha value is -2.07. The van der Waals surface area contributed by atoms with Crippen LogP contribution >= 0.6 is 46.5 Å². The first-order valence-corrected chi connectivity index (χ1v) is 11.4. The summed E-state index contributed by atoms with van der Waals surface area (Å²) >= 11 is 10.1. The highest BCUT2D eigenvalue weighted by atomic mass is 35.5. The van der Waals surface area contributed by atoms with Crippen LogP contribution in [0.5, 0.6) is 0 Å². The predicted octanol–water partition coefficient (Wildman–Crippen LogP) is 4.90. The Labute approximate surface area is 179 Å². The molecule has 0 fully saturated rings. The van der Waals surface area contributed by atoms with Gasteiger partial charge in [-0.25, -0.2) is 0 Å².